The van der Waals surface area contributed by atoms with Gasteiger partial charge in [-0.1, -0.05) is 11.2 Å². The fourth-order valence-corrected chi connectivity index (χ4v) is 3.52. The van der Waals surface area contributed by atoms with Crippen molar-refractivity contribution in [3.05, 3.63) is 36.6 Å². The first-order valence-electron chi connectivity index (χ1n) is 10.7. The van der Waals surface area contributed by atoms with Gasteiger partial charge < -0.3 is 40.3 Å². The van der Waals surface area contributed by atoms with Crippen molar-refractivity contribution in [2.75, 3.05) is 33.8 Å². The molecule has 0 radical (unpaired) electrons. The maximum absolute atomic E-state index is 12.6. The van der Waals surface area contributed by atoms with Gasteiger partial charge in [-0.3, -0.25) is 9.59 Å². The molecule has 11 nitrogen and oxygen atoms in total. The van der Waals surface area contributed by atoms with Crippen molar-refractivity contribution in [3.8, 4) is 45.4 Å². The zero-order valence-electron chi connectivity index (χ0n) is 20.0. The molecule has 0 bridgehead atoms. The van der Waals surface area contributed by atoms with E-state index < -0.39 is 11.9 Å². The van der Waals surface area contributed by atoms with E-state index in [1.165, 1.54) is 34.7 Å². The molecule has 0 aliphatic carbocycles. The van der Waals surface area contributed by atoms with Crippen LogP contribution in [0.15, 0.2) is 41.1 Å². The minimum Gasteiger partial charge on any atom is -0.495 e. The average molecular weight is 486 g/mol. The highest BCUT2D eigenvalue weighted by atomic mass is 16.5. The summed E-state index contributed by atoms with van der Waals surface area (Å²) in [6.45, 7) is 0. The molecule has 1 unspecified atom stereocenters. The minimum absolute atomic E-state index is 0.0671. The van der Waals surface area contributed by atoms with E-state index in [0.717, 1.165) is 0 Å². The third-order valence-corrected chi connectivity index (χ3v) is 5.39. The Kier molecular flexibility index (Phi) is 8.16. The van der Waals surface area contributed by atoms with Crippen molar-refractivity contribution >= 4 is 17.5 Å². The van der Waals surface area contributed by atoms with Crippen molar-refractivity contribution in [1.29, 1.82) is 0 Å². The van der Waals surface area contributed by atoms with Crippen molar-refractivity contribution in [2.24, 2.45) is 5.73 Å². The Morgan fingerprint density at radius 3 is 2.23 bits per heavy atom. The Morgan fingerprint density at radius 2 is 1.66 bits per heavy atom. The van der Waals surface area contributed by atoms with Gasteiger partial charge in [0.1, 0.15) is 17.7 Å². The second kappa shape index (κ2) is 11.3. The zero-order chi connectivity index (χ0) is 25.5. The van der Waals surface area contributed by atoms with Crippen LogP contribution in [0.5, 0.6) is 23.0 Å². The normalized spacial score (nSPS) is 11.5. The van der Waals surface area contributed by atoms with Crippen LogP contribution in [0.4, 0.5) is 5.69 Å². The Morgan fingerprint density at radius 1 is 1.00 bits per heavy atom. The Labute approximate surface area is 202 Å². The van der Waals surface area contributed by atoms with Gasteiger partial charge in [0.2, 0.25) is 11.7 Å². The van der Waals surface area contributed by atoms with Gasteiger partial charge in [-0.2, -0.15) is 0 Å². The second-order valence-corrected chi connectivity index (χ2v) is 7.60. The maximum Gasteiger partial charge on any atom is 0.282 e. The SMILES string of the molecule is COc1ccc(-c2conc2-c2cc(OC)c(OC)c(OC)c2)cc1NC(=O)C([NH3+])CCC(N)=O. The molecule has 1 atom stereocenters. The molecule has 1 heterocycles. The fourth-order valence-electron chi connectivity index (χ4n) is 3.52. The summed E-state index contributed by atoms with van der Waals surface area (Å²) in [4.78, 5) is 23.7. The number of anilines is 1. The third kappa shape index (κ3) is 5.64. The van der Waals surface area contributed by atoms with E-state index in [1.807, 2.05) is 6.07 Å². The van der Waals surface area contributed by atoms with Crippen LogP contribution in [0.3, 0.4) is 0 Å². The number of nitrogens with zero attached hydrogens (tertiary/aromatic N) is 1. The van der Waals surface area contributed by atoms with Gasteiger partial charge in [0, 0.05) is 24.0 Å². The van der Waals surface area contributed by atoms with Crippen molar-refractivity contribution in [1.82, 2.24) is 5.16 Å². The van der Waals surface area contributed by atoms with E-state index in [4.69, 9.17) is 29.2 Å². The number of quaternary nitrogens is 1. The number of benzene rings is 2. The van der Waals surface area contributed by atoms with E-state index in [2.05, 4.69) is 16.2 Å². The number of rotatable bonds is 11. The number of hydrogen-bond acceptors (Lipinski definition) is 8. The summed E-state index contributed by atoms with van der Waals surface area (Å²) in [5.74, 6) is 0.994. The number of amides is 2. The lowest BCUT2D eigenvalue weighted by Gasteiger charge is -2.15. The lowest BCUT2D eigenvalue weighted by atomic mass is 10.00. The zero-order valence-corrected chi connectivity index (χ0v) is 20.0. The van der Waals surface area contributed by atoms with Crippen molar-refractivity contribution in [3.63, 3.8) is 0 Å². The number of nitrogens with one attached hydrogen (secondary N) is 1. The molecule has 2 aromatic carbocycles. The lowest BCUT2D eigenvalue weighted by Crippen LogP contribution is -2.66. The summed E-state index contributed by atoms with van der Waals surface area (Å²) in [5, 5.41) is 6.98. The molecule has 0 saturated carbocycles. The molecule has 35 heavy (non-hydrogen) atoms. The van der Waals surface area contributed by atoms with Gasteiger partial charge in [0.25, 0.3) is 5.91 Å². The molecule has 0 aliphatic heterocycles. The highest BCUT2D eigenvalue weighted by Gasteiger charge is 2.22. The van der Waals surface area contributed by atoms with Crippen LogP contribution in [0.1, 0.15) is 12.8 Å². The predicted octanol–water partition coefficient (Wildman–Crippen LogP) is 1.86. The fraction of sp³-hybridized carbons (Fsp3) is 0.292. The van der Waals surface area contributed by atoms with Gasteiger partial charge in [-0.05, 0) is 29.8 Å². The molecule has 0 spiro atoms. The Bertz CT molecular complexity index is 1180. The lowest BCUT2D eigenvalue weighted by molar-refractivity contribution is -0.403. The van der Waals surface area contributed by atoms with Crippen LogP contribution in [0.2, 0.25) is 0 Å². The molecule has 186 valence electrons. The number of methoxy groups -OCH3 is 4. The quantitative estimate of drug-likeness (QED) is 0.370. The summed E-state index contributed by atoms with van der Waals surface area (Å²) < 4.78 is 27.0. The summed E-state index contributed by atoms with van der Waals surface area (Å²) >= 11 is 0. The smallest absolute Gasteiger partial charge is 0.282 e. The Balaban J connectivity index is 1.98. The van der Waals surface area contributed by atoms with E-state index in [1.54, 1.807) is 24.3 Å². The second-order valence-electron chi connectivity index (χ2n) is 7.60. The molecule has 0 aliphatic rings. The standard InChI is InChI=1S/C24H28N4O7/c1-31-18-7-5-13(9-17(18)27-24(30)16(25)6-8-21(26)29)15-12-35-28-22(15)14-10-19(32-2)23(34-4)20(11-14)33-3/h5,7,9-12,16H,6,8,25H2,1-4H3,(H2,26,29)(H,27,30)/p+1. The summed E-state index contributed by atoms with van der Waals surface area (Å²) in [7, 11) is 6.09. The van der Waals surface area contributed by atoms with E-state index in [9.17, 15) is 9.59 Å². The minimum atomic E-state index is -0.666. The molecule has 3 aromatic rings. The first-order chi connectivity index (χ1) is 16.8. The molecule has 2 amide bonds. The predicted molar refractivity (Wildman–Crippen MR) is 127 cm³/mol. The Hall–Kier alpha value is -4.25. The molecule has 6 N–H and O–H groups in total. The average Bonchev–Trinajstić information content (AvgIpc) is 3.36. The summed E-state index contributed by atoms with van der Waals surface area (Å²) in [6.07, 6.45) is 1.81. The van der Waals surface area contributed by atoms with Gasteiger partial charge in [0.15, 0.2) is 17.5 Å². The monoisotopic (exact) mass is 485 g/mol. The van der Waals surface area contributed by atoms with Crippen molar-refractivity contribution < 1.29 is 38.8 Å². The van der Waals surface area contributed by atoms with Crippen LogP contribution in [-0.4, -0.2) is 51.5 Å². The van der Waals surface area contributed by atoms with Crippen LogP contribution in [-0.2, 0) is 9.59 Å². The van der Waals surface area contributed by atoms with Gasteiger partial charge in [-0.25, -0.2) is 0 Å². The van der Waals surface area contributed by atoms with Gasteiger partial charge in [0.05, 0.1) is 34.1 Å². The first-order valence-corrected chi connectivity index (χ1v) is 10.7. The van der Waals surface area contributed by atoms with Gasteiger partial charge in [-0.15, -0.1) is 0 Å². The molecule has 0 fully saturated rings. The topological polar surface area (TPSA) is 163 Å². The molecule has 0 saturated heterocycles. The van der Waals surface area contributed by atoms with Crippen molar-refractivity contribution in [2.45, 2.75) is 18.9 Å². The number of nitrogens with two attached hydrogens (primary N) is 1. The number of hydrogen-bond donors (Lipinski definition) is 3. The van der Waals surface area contributed by atoms with E-state index in [0.29, 0.717) is 51.1 Å². The molecule has 1 aromatic heterocycles. The largest absolute Gasteiger partial charge is 0.495 e. The maximum atomic E-state index is 12.6. The molecular weight excluding hydrogens is 456 g/mol. The molecule has 11 heteroatoms. The molecular formula is C24H29N4O7+. The third-order valence-electron chi connectivity index (χ3n) is 5.39. The van der Waals surface area contributed by atoms with Crippen LogP contribution in [0.25, 0.3) is 22.4 Å². The first kappa shape index (κ1) is 25.4. The number of primary amides is 1. The summed E-state index contributed by atoms with van der Waals surface area (Å²) in [5.41, 5.74) is 12.0. The van der Waals surface area contributed by atoms with Crippen LogP contribution >= 0.6 is 0 Å². The molecule has 3 rings (SSSR count). The number of aromatic nitrogens is 1. The summed E-state index contributed by atoms with van der Waals surface area (Å²) in [6, 6.07) is 8.14. The van der Waals surface area contributed by atoms with E-state index >= 15 is 0 Å². The number of carbonyl (C=O) groups is 2. The van der Waals surface area contributed by atoms with Crippen LogP contribution in [0, 0.1) is 0 Å². The van der Waals surface area contributed by atoms with Crippen LogP contribution < -0.4 is 35.7 Å². The van der Waals surface area contributed by atoms with E-state index in [-0.39, 0.29) is 18.7 Å². The highest BCUT2D eigenvalue weighted by Crippen LogP contribution is 2.43. The number of carbonyl (C=O) groups excluding carboxylic acids is 2. The van der Waals surface area contributed by atoms with Gasteiger partial charge >= 0.3 is 0 Å². The number of ether oxygens (including phenoxy) is 4. The highest BCUT2D eigenvalue weighted by molar-refractivity contribution is 5.96.